The molecule has 2 N–H and O–H groups in total. The van der Waals surface area contributed by atoms with Crippen LogP contribution in [0.1, 0.15) is 22.9 Å². The molecule has 0 amide bonds. The van der Waals surface area contributed by atoms with E-state index in [1.54, 1.807) is 22.7 Å². The normalized spacial score (nSPS) is 11.1. The molecule has 2 aromatic carbocycles. The first-order valence-electron chi connectivity index (χ1n) is 8.30. The molecule has 0 aliphatic carbocycles. The fraction of sp³-hybridized carbons (Fsp3) is 0.0952. The van der Waals surface area contributed by atoms with E-state index in [4.69, 9.17) is 4.98 Å². The first kappa shape index (κ1) is 16.2. The maximum atomic E-state index is 4.81. The predicted octanol–water partition coefficient (Wildman–Crippen LogP) is 4.72. The number of thiophene rings is 1. The smallest absolute Gasteiger partial charge is 0.138 e. The lowest BCUT2D eigenvalue weighted by molar-refractivity contribution is -0.702. The molecule has 0 saturated carbocycles. The van der Waals surface area contributed by atoms with Crippen molar-refractivity contribution in [2.24, 2.45) is 0 Å². The third kappa shape index (κ3) is 3.87. The second kappa shape index (κ2) is 7.74. The fourth-order valence-corrected chi connectivity index (χ4v) is 4.49. The van der Waals surface area contributed by atoms with Gasteiger partial charge in [-0.2, -0.15) is 11.3 Å². The largest absolute Gasteiger partial charge is 0.331 e. The van der Waals surface area contributed by atoms with Gasteiger partial charge in [-0.3, -0.25) is 0 Å². The summed E-state index contributed by atoms with van der Waals surface area (Å²) in [4.78, 5) is 4.81. The number of thiazole rings is 1. The maximum Gasteiger partial charge on any atom is 0.138 e. The summed E-state index contributed by atoms with van der Waals surface area (Å²) in [6, 6.07) is 23.8. The van der Waals surface area contributed by atoms with E-state index in [1.165, 1.54) is 16.7 Å². The lowest BCUT2D eigenvalue weighted by Gasteiger charge is -2.16. The number of hydrogen-bond donors (Lipinski definition) is 1. The number of benzene rings is 2. The Morgan fingerprint density at radius 2 is 1.52 bits per heavy atom. The minimum Gasteiger partial charge on any atom is -0.331 e. The van der Waals surface area contributed by atoms with Gasteiger partial charge in [0.25, 0.3) is 0 Å². The first-order chi connectivity index (χ1) is 12.4. The summed E-state index contributed by atoms with van der Waals surface area (Å²) in [6.45, 7) is 0.870. The van der Waals surface area contributed by atoms with Crippen molar-refractivity contribution < 1.29 is 5.32 Å². The van der Waals surface area contributed by atoms with Gasteiger partial charge >= 0.3 is 0 Å². The molecular weight excluding hydrogens is 344 g/mol. The second-order valence-electron chi connectivity index (χ2n) is 5.89. The lowest BCUT2D eigenvalue weighted by atomic mass is 9.99. The van der Waals surface area contributed by atoms with E-state index in [1.807, 2.05) is 0 Å². The van der Waals surface area contributed by atoms with E-state index in [0.29, 0.717) is 0 Å². The average molecular weight is 364 g/mol. The zero-order chi connectivity index (χ0) is 16.9. The van der Waals surface area contributed by atoms with Gasteiger partial charge in [0.2, 0.25) is 0 Å². The topological polar surface area (TPSA) is 29.5 Å². The van der Waals surface area contributed by atoms with Gasteiger partial charge in [0.1, 0.15) is 23.3 Å². The zero-order valence-electron chi connectivity index (χ0n) is 13.7. The van der Waals surface area contributed by atoms with E-state index < -0.39 is 0 Å². The maximum absolute atomic E-state index is 4.81. The highest BCUT2D eigenvalue weighted by molar-refractivity contribution is 7.14. The molecule has 0 atom stereocenters. The highest BCUT2D eigenvalue weighted by atomic mass is 32.1. The summed E-state index contributed by atoms with van der Waals surface area (Å²) < 4.78 is 0. The number of hydrogen-bond acceptors (Lipinski definition) is 3. The van der Waals surface area contributed by atoms with Gasteiger partial charge in [-0.15, -0.1) is 11.3 Å². The number of nitrogens with two attached hydrogens (primary N) is 1. The van der Waals surface area contributed by atoms with Gasteiger partial charge in [0.05, 0.1) is 0 Å². The quantitative estimate of drug-likeness (QED) is 0.527. The van der Waals surface area contributed by atoms with Crippen LogP contribution in [0.15, 0.2) is 82.9 Å². The number of quaternary nitrogens is 1. The molecule has 4 rings (SSSR count). The Bertz CT molecular complexity index is 860. The monoisotopic (exact) mass is 363 g/mol. The van der Waals surface area contributed by atoms with Crippen molar-refractivity contribution in [1.29, 1.82) is 0 Å². The standard InChI is InChI=1S/C21H18N2S2/c1-3-7-16(8-4-1)20(17-9-5-2-6-10-17)22-13-19-15-25-21(23-19)18-11-12-24-14-18/h1-12,14-15,20,22H,13H2/p+1. The van der Waals surface area contributed by atoms with Crippen LogP contribution in [-0.2, 0) is 6.54 Å². The molecule has 4 heteroatoms. The van der Waals surface area contributed by atoms with Gasteiger partial charge < -0.3 is 5.32 Å². The van der Waals surface area contributed by atoms with Gasteiger partial charge in [-0.25, -0.2) is 4.98 Å². The molecule has 0 unspecified atom stereocenters. The SMILES string of the molecule is c1ccc(C([NH2+]Cc2csc(-c3ccsc3)n2)c2ccccc2)cc1. The Labute approximate surface area is 155 Å². The molecule has 0 radical (unpaired) electrons. The molecule has 124 valence electrons. The summed E-state index contributed by atoms with van der Waals surface area (Å²) in [5.74, 6) is 0. The van der Waals surface area contributed by atoms with Crippen molar-refractivity contribution >= 4 is 22.7 Å². The van der Waals surface area contributed by atoms with Crippen LogP contribution in [0.25, 0.3) is 10.6 Å². The third-order valence-corrected chi connectivity index (χ3v) is 5.82. The second-order valence-corrected chi connectivity index (χ2v) is 7.53. The van der Waals surface area contributed by atoms with Crippen molar-refractivity contribution in [1.82, 2.24) is 4.98 Å². The molecular formula is C21H19N2S2+. The van der Waals surface area contributed by atoms with Gasteiger partial charge in [0, 0.05) is 27.5 Å². The summed E-state index contributed by atoms with van der Waals surface area (Å²) >= 11 is 3.44. The Kier molecular flexibility index (Phi) is 5.02. The number of rotatable bonds is 6. The molecule has 0 bridgehead atoms. The van der Waals surface area contributed by atoms with Crippen LogP contribution >= 0.6 is 22.7 Å². The Hall–Kier alpha value is -2.27. The highest BCUT2D eigenvalue weighted by Crippen LogP contribution is 2.25. The van der Waals surface area contributed by atoms with E-state index >= 15 is 0 Å². The highest BCUT2D eigenvalue weighted by Gasteiger charge is 2.17. The van der Waals surface area contributed by atoms with Crippen molar-refractivity contribution in [3.8, 4) is 10.6 Å². The average Bonchev–Trinajstić information content (AvgIpc) is 3.35. The summed E-state index contributed by atoms with van der Waals surface area (Å²) in [5, 5.41) is 9.92. The molecule has 0 saturated heterocycles. The predicted molar refractivity (Wildman–Crippen MR) is 106 cm³/mol. The van der Waals surface area contributed by atoms with Crippen LogP contribution in [0.5, 0.6) is 0 Å². The van der Waals surface area contributed by atoms with Crippen LogP contribution in [0.2, 0.25) is 0 Å². The lowest BCUT2D eigenvalue weighted by Crippen LogP contribution is -2.84. The van der Waals surface area contributed by atoms with Crippen LogP contribution in [-0.4, -0.2) is 4.98 Å². The van der Waals surface area contributed by atoms with Crippen LogP contribution in [0.3, 0.4) is 0 Å². The van der Waals surface area contributed by atoms with Crippen molar-refractivity contribution in [3.63, 3.8) is 0 Å². The van der Waals surface area contributed by atoms with Gasteiger partial charge in [0.15, 0.2) is 0 Å². The van der Waals surface area contributed by atoms with Crippen LogP contribution in [0.4, 0.5) is 0 Å². The molecule has 2 nitrogen and oxygen atoms in total. The number of aromatic nitrogens is 1. The Balaban J connectivity index is 1.54. The van der Waals surface area contributed by atoms with E-state index in [0.717, 1.165) is 17.2 Å². The Morgan fingerprint density at radius 1 is 0.840 bits per heavy atom. The third-order valence-electron chi connectivity index (χ3n) is 4.20. The van der Waals surface area contributed by atoms with Gasteiger partial charge in [-0.05, 0) is 11.4 Å². The molecule has 0 aliphatic rings. The molecule has 4 aromatic rings. The molecule has 0 aliphatic heterocycles. The summed E-state index contributed by atoms with van der Waals surface area (Å²) in [7, 11) is 0. The van der Waals surface area contributed by atoms with E-state index in [9.17, 15) is 0 Å². The molecule has 0 spiro atoms. The summed E-state index contributed by atoms with van der Waals surface area (Å²) in [6.07, 6.45) is 0. The van der Waals surface area contributed by atoms with Crippen LogP contribution in [0, 0.1) is 0 Å². The molecule has 0 fully saturated rings. The Morgan fingerprint density at radius 3 is 2.12 bits per heavy atom. The fourth-order valence-electron chi connectivity index (χ4n) is 2.94. The minimum absolute atomic E-state index is 0.286. The van der Waals surface area contributed by atoms with Gasteiger partial charge in [-0.1, -0.05) is 60.7 Å². The molecule has 2 aromatic heterocycles. The molecule has 2 heterocycles. The van der Waals surface area contributed by atoms with E-state index in [-0.39, 0.29) is 6.04 Å². The first-order valence-corrected chi connectivity index (χ1v) is 10.1. The zero-order valence-corrected chi connectivity index (χ0v) is 15.3. The van der Waals surface area contributed by atoms with Crippen molar-refractivity contribution in [2.75, 3.05) is 0 Å². The van der Waals surface area contributed by atoms with E-state index in [2.05, 4.69) is 88.2 Å². The summed E-state index contributed by atoms with van der Waals surface area (Å²) in [5.41, 5.74) is 5.01. The molecule has 25 heavy (non-hydrogen) atoms. The van der Waals surface area contributed by atoms with Crippen molar-refractivity contribution in [2.45, 2.75) is 12.6 Å². The van der Waals surface area contributed by atoms with Crippen molar-refractivity contribution in [3.05, 3.63) is 99.7 Å². The van der Waals surface area contributed by atoms with Crippen LogP contribution < -0.4 is 5.32 Å². The minimum atomic E-state index is 0.286. The number of nitrogens with zero attached hydrogens (tertiary/aromatic N) is 1.